The van der Waals surface area contributed by atoms with E-state index in [1.807, 2.05) is 146 Å². The van der Waals surface area contributed by atoms with Crippen molar-refractivity contribution in [2.75, 3.05) is 0 Å². The van der Waals surface area contributed by atoms with Gasteiger partial charge in [-0.05, 0) is 83.9 Å². The van der Waals surface area contributed by atoms with Crippen LogP contribution in [0.2, 0.25) is 0 Å². The highest BCUT2D eigenvalue weighted by molar-refractivity contribution is 6.25. The van der Waals surface area contributed by atoms with Gasteiger partial charge in [0, 0.05) is 65.7 Å². The molecule has 0 aliphatic heterocycles. The van der Waals surface area contributed by atoms with Gasteiger partial charge in [-0.3, -0.25) is 0 Å². The molecule has 0 radical (unpaired) electrons. The molecule has 12 aromatic carbocycles. The number of furan rings is 2. The maximum Gasteiger partial charge on any atom is 0.166 e. The van der Waals surface area contributed by atoms with Gasteiger partial charge in [-0.25, -0.2) is 29.9 Å². The molecular weight excluding hydrogens is 1080 g/mol. The smallest absolute Gasteiger partial charge is 0.166 e. The lowest BCUT2D eigenvalue weighted by Gasteiger charge is -2.18. The first kappa shape index (κ1) is 49.3. The molecule has 10 nitrogen and oxygen atoms in total. The van der Waals surface area contributed by atoms with Crippen LogP contribution in [0.1, 0.15) is 0 Å². The second-order valence-electron chi connectivity index (χ2n) is 22.1. The topological polar surface area (TPSA) is 113 Å². The van der Waals surface area contributed by atoms with Crippen LogP contribution in [0.15, 0.2) is 288 Å². The molecule has 18 rings (SSSR count). The molecule has 0 unspecified atom stereocenters. The Morgan fingerprint density at radius 1 is 0.227 bits per heavy atom. The summed E-state index contributed by atoms with van der Waals surface area (Å²) in [4.78, 5) is 32.1. The maximum absolute atomic E-state index is 6.81. The fourth-order valence-electron chi connectivity index (χ4n) is 13.0. The van der Waals surface area contributed by atoms with E-state index in [2.05, 4.69) is 143 Å². The number of nitrogens with zero attached hydrogens (tertiary/aromatic N) is 8. The van der Waals surface area contributed by atoms with E-state index in [1.165, 1.54) is 0 Å². The fourth-order valence-corrected chi connectivity index (χ4v) is 13.0. The predicted octanol–water partition coefficient (Wildman–Crippen LogP) is 19.7. The summed E-state index contributed by atoms with van der Waals surface area (Å²) in [6, 6.07) is 96.2. The van der Waals surface area contributed by atoms with Crippen LogP contribution < -0.4 is 0 Å². The number of hydrogen-bond acceptors (Lipinski definition) is 8. The summed E-state index contributed by atoms with van der Waals surface area (Å²) in [5.41, 5.74) is 16.0. The molecule has 0 fully saturated rings. The monoisotopic (exact) mass is 1130 g/mol. The van der Waals surface area contributed by atoms with Crippen LogP contribution >= 0.6 is 0 Å². The van der Waals surface area contributed by atoms with Crippen molar-refractivity contribution in [3.8, 4) is 90.8 Å². The molecule has 18 aromatic rings. The summed E-state index contributed by atoms with van der Waals surface area (Å²) in [6.07, 6.45) is 0. The van der Waals surface area contributed by atoms with Gasteiger partial charge in [0.15, 0.2) is 34.9 Å². The van der Waals surface area contributed by atoms with Crippen molar-refractivity contribution >= 4 is 87.5 Å². The standard InChI is InChI=1S/C78H46N8O2/c1-5-21-47(22-6-1)73-79-74(48-23-7-2-8-24-48)82-77(81-73)59-45-51(37-41-63(59)85-61-33-17-13-31-57(61)69-65(85)43-39-55-53-29-15-19-35-67(53)87-71(55)69)52-38-42-64(60(46-52)78-83-75(49-25-9-3-10-26-49)80-76(84-78)50-27-11-4-12-28-50)86-62-34-18-14-32-58(62)70-66(86)44-40-56-54-30-16-20-36-68(54)88-72(56)70/h1-46H. The van der Waals surface area contributed by atoms with E-state index < -0.39 is 0 Å². The average molecular weight is 1130 g/mol. The van der Waals surface area contributed by atoms with Gasteiger partial charge < -0.3 is 18.0 Å². The predicted molar refractivity (Wildman–Crippen MR) is 354 cm³/mol. The van der Waals surface area contributed by atoms with Crippen molar-refractivity contribution in [3.63, 3.8) is 0 Å². The van der Waals surface area contributed by atoms with Gasteiger partial charge in [0.1, 0.15) is 22.3 Å². The Balaban J connectivity index is 0.925. The van der Waals surface area contributed by atoms with Gasteiger partial charge in [0.2, 0.25) is 0 Å². The summed E-state index contributed by atoms with van der Waals surface area (Å²) in [5.74, 6) is 3.26. The first-order valence-corrected chi connectivity index (χ1v) is 29.3. The number of aromatic nitrogens is 8. The zero-order chi connectivity index (χ0) is 57.8. The van der Waals surface area contributed by atoms with E-state index in [0.717, 1.165) is 143 Å². The molecular formula is C78H46N8O2. The van der Waals surface area contributed by atoms with E-state index in [4.69, 9.17) is 38.7 Å². The SMILES string of the molecule is c1ccc(-c2nc(-c3ccccc3)nc(-c3cc(-c4ccc(-n5c6ccccc6c6c7oc8ccccc8c7ccc65)c(-c5nc(-c6ccccc6)nc(-c6ccccc6)n5)c4)ccc3-n3c4ccccc4c4c5oc6ccccc6c5ccc43)n2)cc1. The zero-order valence-electron chi connectivity index (χ0n) is 47.0. The summed E-state index contributed by atoms with van der Waals surface area (Å²) in [7, 11) is 0. The fraction of sp³-hybridized carbons (Fsp3) is 0. The summed E-state index contributed by atoms with van der Waals surface area (Å²) in [6.45, 7) is 0. The molecule has 0 spiro atoms. The van der Waals surface area contributed by atoms with Gasteiger partial charge in [-0.15, -0.1) is 0 Å². The molecule has 0 aliphatic carbocycles. The number of benzene rings is 12. The van der Waals surface area contributed by atoms with E-state index >= 15 is 0 Å². The number of para-hydroxylation sites is 4. The van der Waals surface area contributed by atoms with E-state index in [1.54, 1.807) is 0 Å². The van der Waals surface area contributed by atoms with Crippen molar-refractivity contribution in [1.29, 1.82) is 0 Å². The molecule has 0 saturated carbocycles. The largest absolute Gasteiger partial charge is 0.455 e. The molecule has 0 atom stereocenters. The Labute approximate surface area is 502 Å². The van der Waals surface area contributed by atoms with E-state index in [-0.39, 0.29) is 0 Å². The van der Waals surface area contributed by atoms with Crippen LogP contribution in [0.4, 0.5) is 0 Å². The highest BCUT2D eigenvalue weighted by Gasteiger charge is 2.26. The van der Waals surface area contributed by atoms with E-state index in [9.17, 15) is 0 Å². The lowest BCUT2D eigenvalue weighted by atomic mass is 9.97. The molecule has 0 aliphatic rings. The van der Waals surface area contributed by atoms with Gasteiger partial charge in [-0.1, -0.05) is 206 Å². The molecule has 6 aromatic heterocycles. The zero-order valence-corrected chi connectivity index (χ0v) is 47.0. The van der Waals surface area contributed by atoms with Crippen LogP contribution in [0, 0.1) is 0 Å². The molecule has 10 heteroatoms. The maximum atomic E-state index is 6.81. The van der Waals surface area contributed by atoms with Crippen molar-refractivity contribution in [2.24, 2.45) is 0 Å². The molecule has 6 heterocycles. The van der Waals surface area contributed by atoms with Gasteiger partial charge >= 0.3 is 0 Å². The van der Waals surface area contributed by atoms with Gasteiger partial charge in [0.25, 0.3) is 0 Å². The van der Waals surface area contributed by atoms with Crippen LogP contribution in [0.5, 0.6) is 0 Å². The van der Waals surface area contributed by atoms with E-state index in [0.29, 0.717) is 34.9 Å². The Morgan fingerprint density at radius 3 is 0.920 bits per heavy atom. The van der Waals surface area contributed by atoms with Gasteiger partial charge in [0.05, 0.1) is 44.2 Å². The minimum atomic E-state index is 0.511. The number of rotatable bonds is 9. The van der Waals surface area contributed by atoms with Crippen molar-refractivity contribution in [1.82, 2.24) is 39.0 Å². The molecule has 0 bridgehead atoms. The number of fused-ring (bicyclic) bond motifs is 14. The Hall–Kier alpha value is -12.1. The minimum Gasteiger partial charge on any atom is -0.455 e. The molecule has 88 heavy (non-hydrogen) atoms. The first-order chi connectivity index (χ1) is 43.6. The van der Waals surface area contributed by atoms with Crippen molar-refractivity contribution in [2.45, 2.75) is 0 Å². The normalized spacial score (nSPS) is 11.9. The highest BCUT2D eigenvalue weighted by atomic mass is 16.3. The third-order valence-electron chi connectivity index (χ3n) is 17.0. The quantitative estimate of drug-likeness (QED) is 0.140. The van der Waals surface area contributed by atoms with Crippen LogP contribution in [-0.2, 0) is 0 Å². The second-order valence-corrected chi connectivity index (χ2v) is 22.1. The Morgan fingerprint density at radius 2 is 0.545 bits per heavy atom. The molecule has 0 saturated heterocycles. The van der Waals surface area contributed by atoms with Crippen LogP contribution in [0.25, 0.3) is 178 Å². The lowest BCUT2D eigenvalue weighted by Crippen LogP contribution is -2.05. The molecule has 0 N–H and O–H groups in total. The minimum absolute atomic E-state index is 0.511. The third-order valence-corrected chi connectivity index (χ3v) is 17.0. The van der Waals surface area contributed by atoms with Crippen molar-refractivity contribution < 1.29 is 8.83 Å². The number of hydrogen-bond donors (Lipinski definition) is 0. The van der Waals surface area contributed by atoms with Crippen LogP contribution in [0.3, 0.4) is 0 Å². The lowest BCUT2D eigenvalue weighted by molar-refractivity contribution is 0.672. The summed E-state index contributed by atoms with van der Waals surface area (Å²) < 4.78 is 18.3. The highest BCUT2D eigenvalue weighted by Crippen LogP contribution is 2.46. The van der Waals surface area contributed by atoms with Crippen LogP contribution in [-0.4, -0.2) is 39.0 Å². The van der Waals surface area contributed by atoms with Gasteiger partial charge in [-0.2, -0.15) is 0 Å². The Kier molecular flexibility index (Phi) is 11.1. The van der Waals surface area contributed by atoms with Crippen molar-refractivity contribution in [3.05, 3.63) is 279 Å². The third kappa shape index (κ3) is 7.82. The molecule has 410 valence electrons. The Bertz CT molecular complexity index is 5340. The summed E-state index contributed by atoms with van der Waals surface area (Å²) in [5, 5.41) is 8.46. The average Bonchev–Trinajstić information content (AvgIpc) is 1.86. The first-order valence-electron chi connectivity index (χ1n) is 29.3. The second kappa shape index (κ2) is 19.7. The summed E-state index contributed by atoms with van der Waals surface area (Å²) >= 11 is 0. The molecule has 0 amide bonds.